The van der Waals surface area contributed by atoms with Gasteiger partial charge >= 0.3 is 0 Å². The highest BCUT2D eigenvalue weighted by Crippen LogP contribution is 2.09. The average molecular weight is 163 g/mol. The quantitative estimate of drug-likeness (QED) is 0.581. The largest absolute Gasteiger partial charge is 0.315 e. The number of rotatable bonds is 1. The van der Waals surface area contributed by atoms with Crippen molar-refractivity contribution in [3.63, 3.8) is 0 Å². The van der Waals surface area contributed by atoms with Crippen molar-refractivity contribution in [2.75, 3.05) is 19.3 Å². The van der Waals surface area contributed by atoms with Crippen LogP contribution in [-0.2, 0) is 9.84 Å². The highest BCUT2D eigenvalue weighted by atomic mass is 32.2. The summed E-state index contributed by atoms with van der Waals surface area (Å²) in [6.07, 6.45) is 3.12. The average Bonchev–Trinajstić information content (AvgIpc) is 1.88. The van der Waals surface area contributed by atoms with Gasteiger partial charge in [-0.3, -0.25) is 0 Å². The van der Waals surface area contributed by atoms with Crippen LogP contribution < -0.4 is 5.32 Å². The zero-order chi connectivity index (χ0) is 7.61. The van der Waals surface area contributed by atoms with Gasteiger partial charge in [0, 0.05) is 12.8 Å². The molecule has 0 spiro atoms. The molecule has 60 valence electrons. The molecule has 10 heavy (non-hydrogen) atoms. The van der Waals surface area contributed by atoms with Gasteiger partial charge in [-0.05, 0) is 19.4 Å². The van der Waals surface area contributed by atoms with Gasteiger partial charge in [0.05, 0.1) is 5.25 Å². The molecule has 3 nitrogen and oxygen atoms in total. The lowest BCUT2D eigenvalue weighted by Gasteiger charge is -2.20. The van der Waals surface area contributed by atoms with Crippen LogP contribution in [0.1, 0.15) is 12.8 Å². The summed E-state index contributed by atoms with van der Waals surface area (Å²) < 4.78 is 21.9. The lowest BCUT2D eigenvalue weighted by molar-refractivity contribution is 0.499. The van der Waals surface area contributed by atoms with E-state index in [2.05, 4.69) is 5.32 Å². The minimum atomic E-state index is -2.79. The molecule has 1 fully saturated rings. The van der Waals surface area contributed by atoms with E-state index in [0.717, 1.165) is 19.4 Å². The highest BCUT2D eigenvalue weighted by Gasteiger charge is 2.22. The Morgan fingerprint density at radius 1 is 1.50 bits per heavy atom. The third kappa shape index (κ3) is 1.95. The maximum Gasteiger partial charge on any atom is 0.151 e. The van der Waals surface area contributed by atoms with E-state index in [1.54, 1.807) is 0 Å². The van der Waals surface area contributed by atoms with Crippen LogP contribution in [0.2, 0.25) is 0 Å². The van der Waals surface area contributed by atoms with Gasteiger partial charge in [0.1, 0.15) is 0 Å². The number of piperidine rings is 1. The van der Waals surface area contributed by atoms with E-state index in [4.69, 9.17) is 0 Å². The van der Waals surface area contributed by atoms with Crippen molar-refractivity contribution in [1.82, 2.24) is 5.32 Å². The molecule has 1 saturated heterocycles. The van der Waals surface area contributed by atoms with E-state index < -0.39 is 9.84 Å². The van der Waals surface area contributed by atoms with Crippen molar-refractivity contribution in [1.29, 1.82) is 0 Å². The molecule has 0 radical (unpaired) electrons. The van der Waals surface area contributed by atoms with Crippen molar-refractivity contribution in [3.8, 4) is 0 Å². The summed E-state index contributed by atoms with van der Waals surface area (Å²) in [5, 5.41) is 2.92. The summed E-state index contributed by atoms with van der Waals surface area (Å²) in [6.45, 7) is 1.60. The Balaban J connectivity index is 2.56. The summed E-state index contributed by atoms with van der Waals surface area (Å²) in [7, 11) is -2.79. The van der Waals surface area contributed by atoms with Gasteiger partial charge in [0.25, 0.3) is 0 Å². The summed E-state index contributed by atoms with van der Waals surface area (Å²) in [5.41, 5.74) is 0. The molecule has 1 aliphatic rings. The van der Waals surface area contributed by atoms with Crippen LogP contribution in [0.3, 0.4) is 0 Å². The van der Waals surface area contributed by atoms with Crippen LogP contribution in [0.5, 0.6) is 0 Å². The second kappa shape index (κ2) is 2.88. The minimum absolute atomic E-state index is 0.138. The van der Waals surface area contributed by atoms with E-state index in [0.29, 0.717) is 6.54 Å². The van der Waals surface area contributed by atoms with Crippen LogP contribution in [0.4, 0.5) is 0 Å². The fourth-order valence-corrected chi connectivity index (χ4v) is 2.20. The molecular formula is C6H13NO2S. The normalized spacial score (nSPS) is 28.3. The molecule has 1 atom stereocenters. The molecule has 1 aliphatic heterocycles. The first-order valence-corrected chi connectivity index (χ1v) is 5.46. The monoisotopic (exact) mass is 163 g/mol. The molecule has 0 aliphatic carbocycles. The first-order valence-electron chi connectivity index (χ1n) is 3.50. The Labute approximate surface area is 61.7 Å². The number of hydrogen-bond acceptors (Lipinski definition) is 3. The van der Waals surface area contributed by atoms with E-state index in [-0.39, 0.29) is 5.25 Å². The predicted molar refractivity (Wildman–Crippen MR) is 40.7 cm³/mol. The summed E-state index contributed by atoms with van der Waals surface area (Å²) >= 11 is 0. The summed E-state index contributed by atoms with van der Waals surface area (Å²) in [5.74, 6) is 0. The molecule has 1 rings (SSSR count). The van der Waals surface area contributed by atoms with E-state index in [9.17, 15) is 8.42 Å². The number of hydrogen-bond donors (Lipinski definition) is 1. The van der Waals surface area contributed by atoms with Crippen molar-refractivity contribution in [2.24, 2.45) is 0 Å². The molecule has 0 aromatic carbocycles. The third-order valence-electron chi connectivity index (χ3n) is 1.86. The van der Waals surface area contributed by atoms with Gasteiger partial charge in [0.15, 0.2) is 9.84 Å². The van der Waals surface area contributed by atoms with Gasteiger partial charge in [0.2, 0.25) is 0 Å². The molecule has 0 bridgehead atoms. The molecule has 0 unspecified atom stereocenters. The highest BCUT2D eigenvalue weighted by molar-refractivity contribution is 7.91. The van der Waals surface area contributed by atoms with Crippen LogP contribution in [0.25, 0.3) is 0 Å². The zero-order valence-electron chi connectivity index (χ0n) is 6.13. The van der Waals surface area contributed by atoms with E-state index in [1.165, 1.54) is 6.26 Å². The van der Waals surface area contributed by atoms with Crippen LogP contribution in [0.15, 0.2) is 0 Å². The summed E-state index contributed by atoms with van der Waals surface area (Å²) in [6, 6.07) is 0. The first kappa shape index (κ1) is 8.01. The molecule has 0 aromatic rings. The number of sulfone groups is 1. The van der Waals surface area contributed by atoms with Gasteiger partial charge in [-0.25, -0.2) is 8.42 Å². The van der Waals surface area contributed by atoms with Gasteiger partial charge < -0.3 is 5.32 Å². The molecule has 1 N–H and O–H groups in total. The zero-order valence-corrected chi connectivity index (χ0v) is 6.95. The van der Waals surface area contributed by atoms with Crippen molar-refractivity contribution < 1.29 is 8.42 Å². The Hall–Kier alpha value is -0.0900. The Morgan fingerprint density at radius 3 is 2.50 bits per heavy atom. The van der Waals surface area contributed by atoms with Gasteiger partial charge in [-0.15, -0.1) is 0 Å². The van der Waals surface area contributed by atoms with E-state index in [1.807, 2.05) is 0 Å². The Kier molecular flexibility index (Phi) is 2.31. The first-order chi connectivity index (χ1) is 4.61. The van der Waals surface area contributed by atoms with Gasteiger partial charge in [-0.1, -0.05) is 0 Å². The third-order valence-corrected chi connectivity index (χ3v) is 3.47. The van der Waals surface area contributed by atoms with Crippen molar-refractivity contribution >= 4 is 9.84 Å². The molecule has 1 heterocycles. The van der Waals surface area contributed by atoms with Crippen molar-refractivity contribution in [2.45, 2.75) is 18.1 Å². The topological polar surface area (TPSA) is 46.2 Å². The predicted octanol–water partition coefficient (Wildman–Crippen LogP) is -0.217. The van der Waals surface area contributed by atoms with Crippen LogP contribution in [0, 0.1) is 0 Å². The van der Waals surface area contributed by atoms with E-state index >= 15 is 0 Å². The van der Waals surface area contributed by atoms with Crippen LogP contribution in [-0.4, -0.2) is 33.0 Å². The lowest BCUT2D eigenvalue weighted by Crippen LogP contribution is -2.38. The maximum absolute atomic E-state index is 10.9. The molecular weight excluding hydrogens is 150 g/mol. The smallest absolute Gasteiger partial charge is 0.151 e. The van der Waals surface area contributed by atoms with Gasteiger partial charge in [-0.2, -0.15) is 0 Å². The molecule has 0 amide bonds. The fraction of sp³-hybridized carbons (Fsp3) is 1.00. The second-order valence-corrected chi connectivity index (χ2v) is 5.12. The Morgan fingerprint density at radius 2 is 2.20 bits per heavy atom. The maximum atomic E-state index is 10.9. The fourth-order valence-electron chi connectivity index (χ4n) is 1.19. The minimum Gasteiger partial charge on any atom is -0.315 e. The molecule has 0 saturated carbocycles. The van der Waals surface area contributed by atoms with Crippen molar-refractivity contribution in [3.05, 3.63) is 0 Å². The lowest BCUT2D eigenvalue weighted by atomic mass is 10.2. The summed E-state index contributed by atoms with van der Waals surface area (Å²) in [4.78, 5) is 0. The Bertz CT molecular complexity index is 192. The molecule has 4 heteroatoms. The SMILES string of the molecule is CS(=O)(=O)[C@@H]1CCCNC1. The molecule has 0 aromatic heterocycles. The number of nitrogens with one attached hydrogen (secondary N) is 1. The van der Waals surface area contributed by atoms with Crippen LogP contribution >= 0.6 is 0 Å². The standard InChI is InChI=1S/C6H13NO2S/c1-10(8,9)6-3-2-4-7-5-6/h6-7H,2-5H2,1H3/t6-/m1/s1. The second-order valence-electron chi connectivity index (χ2n) is 2.80.